The summed E-state index contributed by atoms with van der Waals surface area (Å²) in [4.78, 5) is 30.0. The molecule has 3 aromatic rings. The van der Waals surface area contributed by atoms with E-state index in [-0.39, 0.29) is 5.91 Å². The van der Waals surface area contributed by atoms with E-state index < -0.39 is 0 Å². The van der Waals surface area contributed by atoms with E-state index in [1.165, 1.54) is 0 Å². The van der Waals surface area contributed by atoms with Crippen molar-refractivity contribution in [2.24, 2.45) is 0 Å². The van der Waals surface area contributed by atoms with Crippen LogP contribution in [0, 0.1) is 6.92 Å². The fourth-order valence-corrected chi connectivity index (χ4v) is 3.39. The van der Waals surface area contributed by atoms with Crippen LogP contribution in [0.25, 0.3) is 0 Å². The Hall–Kier alpha value is -3.19. The normalized spacial score (nSPS) is 14.0. The molecular formula is C21H21ClN6O. The molecule has 2 aromatic heterocycles. The molecule has 1 aliphatic rings. The van der Waals surface area contributed by atoms with Gasteiger partial charge in [-0.3, -0.25) is 4.79 Å². The van der Waals surface area contributed by atoms with Gasteiger partial charge >= 0.3 is 0 Å². The molecule has 0 bridgehead atoms. The largest absolute Gasteiger partial charge is 0.353 e. The Morgan fingerprint density at radius 2 is 1.76 bits per heavy atom. The topological polar surface area (TPSA) is 74.2 Å². The van der Waals surface area contributed by atoms with Crippen LogP contribution in [0.3, 0.4) is 0 Å². The van der Waals surface area contributed by atoms with Gasteiger partial charge in [0.1, 0.15) is 23.3 Å². The van der Waals surface area contributed by atoms with E-state index in [1.54, 1.807) is 30.5 Å². The van der Waals surface area contributed by atoms with Gasteiger partial charge in [0, 0.05) is 49.0 Å². The number of carbonyl (C=O) groups excluding carboxylic acids is 1. The smallest absolute Gasteiger partial charge is 0.253 e. The highest BCUT2D eigenvalue weighted by atomic mass is 35.5. The quantitative estimate of drug-likeness (QED) is 0.711. The summed E-state index contributed by atoms with van der Waals surface area (Å²) in [6.45, 7) is 4.55. The minimum Gasteiger partial charge on any atom is -0.353 e. The van der Waals surface area contributed by atoms with Gasteiger partial charge in [0.05, 0.1) is 0 Å². The van der Waals surface area contributed by atoms with Crippen LogP contribution in [0.5, 0.6) is 0 Å². The molecule has 0 unspecified atom stereocenters. The monoisotopic (exact) mass is 408 g/mol. The highest BCUT2D eigenvalue weighted by Gasteiger charge is 2.23. The number of pyridine rings is 1. The van der Waals surface area contributed by atoms with Crippen molar-refractivity contribution in [1.82, 2.24) is 19.9 Å². The number of piperazine rings is 1. The van der Waals surface area contributed by atoms with Crippen molar-refractivity contribution in [2.45, 2.75) is 6.92 Å². The van der Waals surface area contributed by atoms with Gasteiger partial charge in [-0.25, -0.2) is 15.0 Å². The SMILES string of the molecule is Cc1nc(Nc2ccccn2)cc(N2CCN(C(=O)c3ccc(Cl)cc3)CC2)n1. The van der Waals surface area contributed by atoms with E-state index in [0.29, 0.717) is 48.4 Å². The van der Waals surface area contributed by atoms with Crippen molar-refractivity contribution < 1.29 is 4.79 Å². The van der Waals surface area contributed by atoms with Crippen LogP contribution >= 0.6 is 11.6 Å². The molecule has 148 valence electrons. The van der Waals surface area contributed by atoms with Crippen molar-refractivity contribution >= 4 is 35.0 Å². The molecule has 8 heteroatoms. The third-order valence-electron chi connectivity index (χ3n) is 4.73. The van der Waals surface area contributed by atoms with Gasteiger partial charge in [0.15, 0.2) is 0 Å². The van der Waals surface area contributed by atoms with Crippen LogP contribution in [0.4, 0.5) is 17.5 Å². The van der Waals surface area contributed by atoms with Crippen molar-refractivity contribution in [2.75, 3.05) is 36.4 Å². The van der Waals surface area contributed by atoms with Gasteiger partial charge in [-0.1, -0.05) is 17.7 Å². The molecule has 1 aliphatic heterocycles. The zero-order valence-corrected chi connectivity index (χ0v) is 16.8. The number of hydrogen-bond acceptors (Lipinski definition) is 6. The first-order chi connectivity index (χ1) is 14.1. The van der Waals surface area contributed by atoms with E-state index in [4.69, 9.17) is 11.6 Å². The van der Waals surface area contributed by atoms with Crippen molar-refractivity contribution in [3.63, 3.8) is 0 Å². The van der Waals surface area contributed by atoms with Crippen molar-refractivity contribution in [3.8, 4) is 0 Å². The predicted octanol–water partition coefficient (Wildman–Crippen LogP) is 3.54. The fourth-order valence-electron chi connectivity index (χ4n) is 3.26. The van der Waals surface area contributed by atoms with Crippen LogP contribution in [0.1, 0.15) is 16.2 Å². The molecule has 0 spiro atoms. The molecule has 3 heterocycles. The summed E-state index contributed by atoms with van der Waals surface area (Å²) in [5.74, 6) is 2.98. The third kappa shape index (κ3) is 4.63. The lowest BCUT2D eigenvalue weighted by molar-refractivity contribution is 0.0746. The summed E-state index contributed by atoms with van der Waals surface area (Å²) in [5.41, 5.74) is 0.655. The van der Waals surface area contributed by atoms with Crippen LogP contribution in [-0.4, -0.2) is 51.9 Å². The molecule has 0 atom stereocenters. The van der Waals surface area contributed by atoms with Crippen LogP contribution in [0.2, 0.25) is 5.02 Å². The third-order valence-corrected chi connectivity index (χ3v) is 4.98. The molecule has 1 fully saturated rings. The van der Waals surface area contributed by atoms with E-state index in [9.17, 15) is 4.79 Å². The number of hydrogen-bond donors (Lipinski definition) is 1. The highest BCUT2D eigenvalue weighted by Crippen LogP contribution is 2.21. The number of aryl methyl sites for hydroxylation is 1. The zero-order chi connectivity index (χ0) is 20.2. The van der Waals surface area contributed by atoms with Gasteiger partial charge < -0.3 is 15.1 Å². The maximum atomic E-state index is 12.7. The van der Waals surface area contributed by atoms with Gasteiger partial charge in [-0.2, -0.15) is 0 Å². The Morgan fingerprint density at radius 1 is 1.00 bits per heavy atom. The van der Waals surface area contributed by atoms with Gasteiger partial charge in [0.25, 0.3) is 5.91 Å². The second kappa shape index (κ2) is 8.45. The molecular weight excluding hydrogens is 388 g/mol. The second-order valence-corrected chi connectivity index (χ2v) is 7.22. The number of nitrogens with one attached hydrogen (secondary N) is 1. The van der Waals surface area contributed by atoms with Gasteiger partial charge in [0.2, 0.25) is 0 Å². The molecule has 0 radical (unpaired) electrons. The van der Waals surface area contributed by atoms with Gasteiger partial charge in [-0.15, -0.1) is 0 Å². The van der Waals surface area contributed by atoms with E-state index in [0.717, 1.165) is 11.6 Å². The highest BCUT2D eigenvalue weighted by molar-refractivity contribution is 6.30. The maximum absolute atomic E-state index is 12.7. The molecule has 29 heavy (non-hydrogen) atoms. The molecule has 4 rings (SSSR count). The number of nitrogens with zero attached hydrogens (tertiary/aromatic N) is 5. The Labute approximate surface area is 174 Å². The number of aromatic nitrogens is 3. The summed E-state index contributed by atoms with van der Waals surface area (Å²) < 4.78 is 0. The summed E-state index contributed by atoms with van der Waals surface area (Å²) in [5, 5.41) is 3.84. The second-order valence-electron chi connectivity index (χ2n) is 6.78. The lowest BCUT2D eigenvalue weighted by Crippen LogP contribution is -2.49. The number of amides is 1. The average molecular weight is 409 g/mol. The van der Waals surface area contributed by atoms with Crippen LogP contribution in [-0.2, 0) is 0 Å². The van der Waals surface area contributed by atoms with Crippen LogP contribution in [0.15, 0.2) is 54.7 Å². The standard InChI is InChI=1S/C21H21ClN6O/c1-15-24-19(26-18-4-2-3-9-23-18)14-20(25-15)27-10-12-28(13-11-27)21(29)16-5-7-17(22)8-6-16/h2-9,14H,10-13H2,1H3,(H,23,24,25,26). The van der Waals surface area contributed by atoms with Gasteiger partial charge in [-0.05, 0) is 43.3 Å². The maximum Gasteiger partial charge on any atom is 0.253 e. The van der Waals surface area contributed by atoms with E-state index in [2.05, 4.69) is 25.2 Å². The predicted molar refractivity (Wildman–Crippen MR) is 114 cm³/mol. The Balaban J connectivity index is 1.43. The fraction of sp³-hybridized carbons (Fsp3) is 0.238. The average Bonchev–Trinajstić information content (AvgIpc) is 2.74. The Bertz CT molecular complexity index is 988. The van der Waals surface area contributed by atoms with E-state index in [1.807, 2.05) is 36.1 Å². The molecule has 0 saturated carbocycles. The molecule has 0 aliphatic carbocycles. The number of carbonyl (C=O) groups is 1. The molecule has 1 N–H and O–H groups in total. The summed E-state index contributed by atoms with van der Waals surface area (Å²) >= 11 is 5.91. The molecule has 1 aromatic carbocycles. The molecule has 1 amide bonds. The summed E-state index contributed by atoms with van der Waals surface area (Å²) in [6.07, 6.45) is 1.73. The molecule has 1 saturated heterocycles. The summed E-state index contributed by atoms with van der Waals surface area (Å²) in [7, 11) is 0. The Morgan fingerprint density at radius 3 is 2.45 bits per heavy atom. The van der Waals surface area contributed by atoms with E-state index >= 15 is 0 Å². The lowest BCUT2D eigenvalue weighted by atomic mass is 10.2. The number of rotatable bonds is 4. The Kier molecular flexibility index (Phi) is 5.57. The number of anilines is 3. The lowest BCUT2D eigenvalue weighted by Gasteiger charge is -2.35. The first-order valence-electron chi connectivity index (χ1n) is 9.42. The van der Waals surface area contributed by atoms with Crippen molar-refractivity contribution in [1.29, 1.82) is 0 Å². The number of halogens is 1. The van der Waals surface area contributed by atoms with Crippen molar-refractivity contribution in [3.05, 3.63) is 71.1 Å². The summed E-state index contributed by atoms with van der Waals surface area (Å²) in [6, 6.07) is 14.6. The van der Waals surface area contributed by atoms with Crippen LogP contribution < -0.4 is 10.2 Å². The first-order valence-corrected chi connectivity index (χ1v) is 9.80. The first kappa shape index (κ1) is 19.1. The minimum atomic E-state index is 0.0256. The minimum absolute atomic E-state index is 0.0256. The number of benzene rings is 1. The molecule has 7 nitrogen and oxygen atoms in total. The zero-order valence-electron chi connectivity index (χ0n) is 16.0.